The molecule has 2 N–H and O–H groups in total. The molecule has 1 aromatic rings. The molecule has 0 aliphatic carbocycles. The van der Waals surface area contributed by atoms with Crippen LogP contribution in [0, 0.1) is 17.2 Å². The van der Waals surface area contributed by atoms with Gasteiger partial charge in [-0.25, -0.2) is 13.6 Å². The van der Waals surface area contributed by atoms with E-state index in [2.05, 4.69) is 5.32 Å². The molecule has 3 aliphatic rings. The van der Waals surface area contributed by atoms with E-state index in [0.717, 1.165) is 16.0 Å². The van der Waals surface area contributed by atoms with Gasteiger partial charge < -0.3 is 20.2 Å². The topological polar surface area (TPSA) is 131 Å². The van der Waals surface area contributed by atoms with Gasteiger partial charge in [-0.05, 0) is 29.7 Å². The molecule has 0 bridgehead atoms. The van der Waals surface area contributed by atoms with Gasteiger partial charge in [0.2, 0.25) is 17.7 Å². The number of rotatable bonds is 4. The number of alkyl halides is 2. The Morgan fingerprint density at radius 3 is 2.66 bits per heavy atom. The third-order valence-electron chi connectivity index (χ3n) is 6.16. The SMILES string of the molecule is N#C[C@@H]1CC(F)(F)CN1C(=O)[C@H]1C[C@@H](CC(=O)N2Cc3ccc(C(=O)O)cc3C2)C(=O)N1. The van der Waals surface area contributed by atoms with Crippen LogP contribution in [0.15, 0.2) is 18.2 Å². The highest BCUT2D eigenvalue weighted by atomic mass is 19.3. The van der Waals surface area contributed by atoms with Crippen LogP contribution >= 0.6 is 0 Å². The number of likely N-dealkylation sites (tertiary alicyclic amines) is 1. The van der Waals surface area contributed by atoms with Gasteiger partial charge in [0.05, 0.1) is 18.2 Å². The maximum Gasteiger partial charge on any atom is 0.335 e. The number of hydrogen-bond acceptors (Lipinski definition) is 5. The number of nitrogens with one attached hydrogen (secondary N) is 1. The van der Waals surface area contributed by atoms with Crippen molar-refractivity contribution in [2.75, 3.05) is 6.54 Å². The Bertz CT molecular complexity index is 1050. The lowest BCUT2D eigenvalue weighted by Crippen LogP contribution is -2.46. The number of benzene rings is 1. The van der Waals surface area contributed by atoms with E-state index in [9.17, 15) is 28.0 Å². The van der Waals surface area contributed by atoms with E-state index in [-0.39, 0.29) is 37.4 Å². The van der Waals surface area contributed by atoms with Gasteiger partial charge in [-0.3, -0.25) is 14.4 Å². The Kier molecular flexibility index (Phi) is 5.32. The first-order valence-electron chi connectivity index (χ1n) is 10.1. The van der Waals surface area contributed by atoms with E-state index >= 15 is 0 Å². The van der Waals surface area contributed by atoms with Crippen molar-refractivity contribution in [1.29, 1.82) is 5.26 Å². The molecule has 0 aromatic heterocycles. The molecule has 0 radical (unpaired) electrons. The number of carbonyl (C=O) groups excluding carboxylic acids is 3. The number of amides is 3. The Morgan fingerprint density at radius 1 is 1.25 bits per heavy atom. The third kappa shape index (κ3) is 4.00. The zero-order valence-corrected chi connectivity index (χ0v) is 16.9. The maximum atomic E-state index is 13.6. The minimum absolute atomic E-state index is 0.0203. The fourth-order valence-electron chi connectivity index (χ4n) is 4.49. The van der Waals surface area contributed by atoms with Gasteiger partial charge in [0.15, 0.2) is 0 Å². The molecule has 1 aromatic carbocycles. The largest absolute Gasteiger partial charge is 0.478 e. The summed E-state index contributed by atoms with van der Waals surface area (Å²) < 4.78 is 27.3. The van der Waals surface area contributed by atoms with Crippen LogP contribution in [0.1, 0.15) is 40.7 Å². The molecular weight excluding hydrogens is 426 g/mol. The smallest absolute Gasteiger partial charge is 0.335 e. The number of aromatic carboxylic acids is 1. The van der Waals surface area contributed by atoms with Crippen molar-refractivity contribution in [3.05, 3.63) is 34.9 Å². The zero-order chi connectivity index (χ0) is 23.2. The standard InChI is InChI=1S/C21H20F2N4O5/c22-21(23)6-15(7-24)27(10-21)19(30)16-4-13(18(29)25-16)5-17(28)26-8-12-2-1-11(20(31)32)3-14(12)9-26/h1-3,13,15-16H,4-6,8-10H2,(H,25,29)(H,31,32)/t13-,15-,16+/m0/s1. The van der Waals surface area contributed by atoms with Crippen LogP contribution in [-0.2, 0) is 27.5 Å². The van der Waals surface area contributed by atoms with Gasteiger partial charge >= 0.3 is 5.97 Å². The summed E-state index contributed by atoms with van der Waals surface area (Å²) in [6.07, 6.45) is -0.919. The average Bonchev–Trinajstić information content (AvgIpc) is 3.41. The van der Waals surface area contributed by atoms with Crippen LogP contribution in [0.4, 0.5) is 8.78 Å². The lowest BCUT2D eigenvalue weighted by Gasteiger charge is -2.22. The summed E-state index contributed by atoms with van der Waals surface area (Å²) in [5.74, 6) is -6.59. The molecule has 2 fully saturated rings. The maximum absolute atomic E-state index is 13.6. The van der Waals surface area contributed by atoms with Gasteiger partial charge in [0.1, 0.15) is 12.1 Å². The van der Waals surface area contributed by atoms with E-state index in [0.29, 0.717) is 0 Å². The van der Waals surface area contributed by atoms with Crippen LogP contribution in [0.5, 0.6) is 0 Å². The van der Waals surface area contributed by atoms with E-state index in [1.54, 1.807) is 12.1 Å². The summed E-state index contributed by atoms with van der Waals surface area (Å²) >= 11 is 0. The summed E-state index contributed by atoms with van der Waals surface area (Å²) in [7, 11) is 0. The van der Waals surface area contributed by atoms with Crippen LogP contribution in [-0.4, -0.2) is 63.1 Å². The second kappa shape index (κ2) is 7.85. The van der Waals surface area contributed by atoms with Gasteiger partial charge in [0.25, 0.3) is 5.92 Å². The normalized spacial score (nSPS) is 25.9. The first kappa shape index (κ1) is 21.7. The molecule has 0 saturated carbocycles. The molecule has 32 heavy (non-hydrogen) atoms. The number of hydrogen-bond donors (Lipinski definition) is 2. The van der Waals surface area contributed by atoms with Crippen molar-refractivity contribution in [2.45, 2.75) is 50.4 Å². The summed E-state index contributed by atoms with van der Waals surface area (Å²) in [6.45, 7) is -0.361. The number of fused-ring (bicyclic) bond motifs is 1. The van der Waals surface area contributed by atoms with Crippen molar-refractivity contribution in [3.63, 3.8) is 0 Å². The third-order valence-corrected chi connectivity index (χ3v) is 6.16. The molecule has 4 rings (SSSR count). The predicted octanol–water partition coefficient (Wildman–Crippen LogP) is 0.882. The lowest BCUT2D eigenvalue weighted by molar-refractivity contribution is -0.135. The highest BCUT2D eigenvalue weighted by Gasteiger charge is 2.50. The van der Waals surface area contributed by atoms with Gasteiger partial charge in [-0.2, -0.15) is 5.26 Å². The Hall–Kier alpha value is -3.55. The number of nitrogens with zero attached hydrogens (tertiary/aromatic N) is 3. The summed E-state index contributed by atoms with van der Waals surface area (Å²) in [4.78, 5) is 51.2. The summed E-state index contributed by atoms with van der Waals surface area (Å²) in [5, 5.41) is 20.6. The van der Waals surface area contributed by atoms with Crippen LogP contribution in [0.3, 0.4) is 0 Å². The van der Waals surface area contributed by atoms with Gasteiger partial charge in [-0.1, -0.05) is 6.07 Å². The number of carbonyl (C=O) groups is 4. The van der Waals surface area contributed by atoms with Crippen molar-refractivity contribution >= 4 is 23.7 Å². The number of carboxylic acids is 1. The first-order valence-corrected chi connectivity index (χ1v) is 10.1. The first-order chi connectivity index (χ1) is 15.1. The van der Waals surface area contributed by atoms with Gasteiger partial charge in [0, 0.05) is 31.8 Å². The molecule has 2 saturated heterocycles. The Balaban J connectivity index is 1.37. The fourth-order valence-corrected chi connectivity index (χ4v) is 4.49. The lowest BCUT2D eigenvalue weighted by atomic mass is 9.99. The highest BCUT2D eigenvalue weighted by Crippen LogP contribution is 2.34. The van der Waals surface area contributed by atoms with E-state index < -0.39 is 54.7 Å². The summed E-state index contributed by atoms with van der Waals surface area (Å²) in [5.41, 5.74) is 1.67. The van der Waals surface area contributed by atoms with Crippen LogP contribution in [0.25, 0.3) is 0 Å². The molecule has 3 aliphatic heterocycles. The summed E-state index contributed by atoms with van der Waals surface area (Å²) in [6, 6.07) is 4.02. The molecule has 3 heterocycles. The minimum atomic E-state index is -3.15. The zero-order valence-electron chi connectivity index (χ0n) is 16.9. The van der Waals surface area contributed by atoms with Crippen LogP contribution < -0.4 is 5.32 Å². The molecule has 11 heteroatoms. The Labute approximate surface area is 181 Å². The van der Waals surface area contributed by atoms with Crippen molar-refractivity contribution < 1.29 is 33.1 Å². The Morgan fingerprint density at radius 2 is 1.97 bits per heavy atom. The van der Waals surface area contributed by atoms with Crippen molar-refractivity contribution in [3.8, 4) is 6.07 Å². The monoisotopic (exact) mass is 446 g/mol. The molecule has 9 nitrogen and oxygen atoms in total. The molecule has 168 valence electrons. The van der Waals surface area contributed by atoms with E-state index in [1.165, 1.54) is 17.0 Å². The molecule has 0 unspecified atom stereocenters. The van der Waals surface area contributed by atoms with Crippen molar-refractivity contribution in [2.24, 2.45) is 5.92 Å². The van der Waals surface area contributed by atoms with E-state index in [1.807, 2.05) is 0 Å². The molecule has 3 atom stereocenters. The van der Waals surface area contributed by atoms with E-state index in [4.69, 9.17) is 10.4 Å². The molecule has 3 amide bonds. The second-order valence-electron chi connectivity index (χ2n) is 8.41. The quantitative estimate of drug-likeness (QED) is 0.706. The minimum Gasteiger partial charge on any atom is -0.478 e. The molecular formula is C21H20F2N4O5. The number of nitriles is 1. The van der Waals surface area contributed by atoms with Crippen molar-refractivity contribution in [1.82, 2.24) is 15.1 Å². The molecule has 0 spiro atoms. The van der Waals surface area contributed by atoms with Crippen LogP contribution in [0.2, 0.25) is 0 Å². The average molecular weight is 446 g/mol. The second-order valence-corrected chi connectivity index (χ2v) is 8.41. The number of halogens is 2. The fraction of sp³-hybridized carbons (Fsp3) is 0.476. The predicted molar refractivity (Wildman–Crippen MR) is 103 cm³/mol. The number of carboxylic acid groups (broad SMARTS) is 1. The van der Waals surface area contributed by atoms with Gasteiger partial charge in [-0.15, -0.1) is 0 Å². The highest BCUT2D eigenvalue weighted by molar-refractivity contribution is 5.94.